The molecule has 0 bridgehead atoms. The zero-order valence-electron chi connectivity index (χ0n) is 15.1. The number of nitrogens with zero attached hydrogens (tertiary/aromatic N) is 5. The van der Waals surface area contributed by atoms with Crippen LogP contribution in [0.5, 0.6) is 0 Å². The Morgan fingerprint density at radius 2 is 2.10 bits per heavy atom. The van der Waals surface area contributed by atoms with Crippen molar-refractivity contribution < 1.29 is 9.21 Å². The molecule has 7 nitrogen and oxygen atoms in total. The minimum atomic E-state index is -0.238. The second-order valence-corrected chi connectivity index (χ2v) is 8.24. The van der Waals surface area contributed by atoms with E-state index in [0.717, 1.165) is 11.3 Å². The Kier molecular flexibility index (Phi) is 6.28. The van der Waals surface area contributed by atoms with Gasteiger partial charge >= 0.3 is 0 Å². The topological polar surface area (TPSA) is 78.2 Å². The third-order valence-corrected chi connectivity index (χ3v) is 6.12. The lowest BCUT2D eigenvalue weighted by Gasteiger charge is -2.05. The Labute approximate surface area is 179 Å². The molecule has 3 aromatic heterocycles. The molecule has 1 amide bonds. The summed E-state index contributed by atoms with van der Waals surface area (Å²) in [6.07, 6.45) is 5.13. The average Bonchev–Trinajstić information content (AvgIpc) is 3.46. The molecule has 0 fully saturated rings. The van der Waals surface area contributed by atoms with Crippen molar-refractivity contribution >= 4 is 40.6 Å². The summed E-state index contributed by atoms with van der Waals surface area (Å²) in [4.78, 5) is 17.3. The van der Waals surface area contributed by atoms with Crippen molar-refractivity contribution in [3.8, 4) is 0 Å². The van der Waals surface area contributed by atoms with E-state index in [-0.39, 0.29) is 11.7 Å². The van der Waals surface area contributed by atoms with Gasteiger partial charge in [-0.1, -0.05) is 41.6 Å². The van der Waals surface area contributed by atoms with Crippen LogP contribution in [0.15, 0.2) is 75.1 Å². The van der Waals surface area contributed by atoms with Gasteiger partial charge in [0.15, 0.2) is 9.96 Å². The fourth-order valence-electron chi connectivity index (χ4n) is 2.62. The van der Waals surface area contributed by atoms with Gasteiger partial charge in [0.25, 0.3) is 5.91 Å². The van der Waals surface area contributed by atoms with Crippen LogP contribution in [0.1, 0.15) is 11.3 Å². The summed E-state index contributed by atoms with van der Waals surface area (Å²) in [5, 5.41) is 11.2. The molecule has 1 aromatic carbocycles. The molecule has 0 atom stereocenters. The molecule has 148 valence electrons. The van der Waals surface area contributed by atoms with Crippen LogP contribution in [0.4, 0.5) is 0 Å². The average molecular weight is 446 g/mol. The quantitative estimate of drug-likeness (QED) is 0.405. The van der Waals surface area contributed by atoms with Crippen LogP contribution in [0.2, 0.25) is 5.02 Å². The first kappa shape index (κ1) is 19.7. The molecule has 0 unspecified atom stereocenters. The van der Waals surface area contributed by atoms with Crippen molar-refractivity contribution in [2.75, 3.05) is 5.75 Å². The molecule has 0 saturated carbocycles. The van der Waals surface area contributed by atoms with Crippen molar-refractivity contribution in [1.82, 2.24) is 19.3 Å². The molecule has 4 rings (SSSR count). The maximum Gasteiger partial charge on any atom is 0.258 e. The number of rotatable bonds is 7. The number of thioether (sulfide) groups is 1. The summed E-state index contributed by atoms with van der Waals surface area (Å²) >= 11 is 8.95. The maximum absolute atomic E-state index is 12.4. The van der Waals surface area contributed by atoms with Crippen LogP contribution in [0.25, 0.3) is 0 Å². The van der Waals surface area contributed by atoms with Crippen LogP contribution in [-0.4, -0.2) is 31.0 Å². The summed E-state index contributed by atoms with van der Waals surface area (Å²) in [5.41, 5.74) is 0.974. The molecule has 10 heteroatoms. The first-order chi connectivity index (χ1) is 14.2. The van der Waals surface area contributed by atoms with Gasteiger partial charge in [-0.2, -0.15) is 4.99 Å². The summed E-state index contributed by atoms with van der Waals surface area (Å²) in [6.45, 7) is 1.07. The van der Waals surface area contributed by atoms with E-state index in [1.54, 1.807) is 12.6 Å². The molecule has 4 aromatic rings. The Bertz CT molecular complexity index is 1160. The van der Waals surface area contributed by atoms with Crippen molar-refractivity contribution in [1.29, 1.82) is 0 Å². The van der Waals surface area contributed by atoms with Crippen molar-refractivity contribution in [2.24, 2.45) is 4.99 Å². The zero-order valence-corrected chi connectivity index (χ0v) is 17.5. The number of furan rings is 1. The largest absolute Gasteiger partial charge is 0.467 e. The van der Waals surface area contributed by atoms with E-state index in [1.807, 2.05) is 57.1 Å². The molecule has 0 spiro atoms. The molecule has 0 N–H and O–H groups in total. The first-order valence-corrected chi connectivity index (χ1v) is 10.9. The number of aromatic nitrogens is 4. The number of carbonyl (C=O) groups excluding carboxylic acids is 1. The number of benzene rings is 1. The molecule has 0 aliphatic rings. The molecule has 0 aliphatic heterocycles. The van der Waals surface area contributed by atoms with Crippen molar-refractivity contribution in [2.45, 2.75) is 18.2 Å². The molecular weight excluding hydrogens is 430 g/mol. The zero-order chi connectivity index (χ0) is 20.1. The Morgan fingerprint density at radius 1 is 1.21 bits per heavy atom. The maximum atomic E-state index is 12.4. The number of thiazole rings is 1. The molecule has 0 aliphatic carbocycles. The fourth-order valence-corrected chi connectivity index (χ4v) is 4.26. The number of hydrogen-bond donors (Lipinski definition) is 0. The number of carbonyl (C=O) groups is 1. The van der Waals surface area contributed by atoms with E-state index in [0.29, 0.717) is 28.1 Å². The Hall–Kier alpha value is -2.62. The third kappa shape index (κ3) is 5.06. The minimum absolute atomic E-state index is 0.168. The Balaban J connectivity index is 1.42. The summed E-state index contributed by atoms with van der Waals surface area (Å²) < 4.78 is 9.09. The predicted octanol–water partition coefficient (Wildman–Crippen LogP) is 3.70. The molecule has 0 radical (unpaired) electrons. The first-order valence-electron chi connectivity index (χ1n) is 8.67. The van der Waals surface area contributed by atoms with Gasteiger partial charge in [-0.3, -0.25) is 4.79 Å². The van der Waals surface area contributed by atoms with Crippen LogP contribution >= 0.6 is 34.7 Å². The highest BCUT2D eigenvalue weighted by molar-refractivity contribution is 7.99. The lowest BCUT2D eigenvalue weighted by molar-refractivity contribution is -0.115. The fraction of sp³-hybridized carbons (Fsp3) is 0.158. The van der Waals surface area contributed by atoms with Crippen LogP contribution in [0, 0.1) is 0 Å². The highest BCUT2D eigenvalue weighted by Crippen LogP contribution is 2.17. The highest BCUT2D eigenvalue weighted by atomic mass is 35.5. The van der Waals surface area contributed by atoms with Gasteiger partial charge in [0.1, 0.15) is 12.1 Å². The third-order valence-electron chi connectivity index (χ3n) is 3.99. The van der Waals surface area contributed by atoms with E-state index in [2.05, 4.69) is 15.2 Å². The number of amides is 1. The van der Waals surface area contributed by atoms with Gasteiger partial charge in [0, 0.05) is 16.6 Å². The lowest BCUT2D eigenvalue weighted by Crippen LogP contribution is -2.17. The highest BCUT2D eigenvalue weighted by Gasteiger charge is 2.10. The van der Waals surface area contributed by atoms with E-state index in [4.69, 9.17) is 16.0 Å². The van der Waals surface area contributed by atoms with Gasteiger partial charge in [-0.25, -0.2) is 0 Å². The SMILES string of the molecule is O=C(CSc1nncn1Cc1ccco1)N=c1sccn1Cc1ccccc1Cl. The van der Waals surface area contributed by atoms with E-state index in [9.17, 15) is 4.79 Å². The minimum Gasteiger partial charge on any atom is -0.467 e. The van der Waals surface area contributed by atoms with Gasteiger partial charge in [0.2, 0.25) is 0 Å². The monoisotopic (exact) mass is 445 g/mol. The second kappa shape index (κ2) is 9.25. The Morgan fingerprint density at radius 3 is 2.93 bits per heavy atom. The molecule has 29 heavy (non-hydrogen) atoms. The summed E-state index contributed by atoms with van der Waals surface area (Å²) in [6, 6.07) is 11.3. The van der Waals surface area contributed by atoms with Crippen molar-refractivity contribution in [3.63, 3.8) is 0 Å². The van der Waals surface area contributed by atoms with E-state index < -0.39 is 0 Å². The second-order valence-electron chi connectivity index (χ2n) is 6.02. The van der Waals surface area contributed by atoms with Crippen LogP contribution in [0.3, 0.4) is 0 Å². The van der Waals surface area contributed by atoms with Crippen LogP contribution < -0.4 is 4.80 Å². The standard InChI is InChI=1S/C19H16ClN5O2S2/c20-16-6-2-1-4-14(16)10-24-7-9-28-18(24)22-17(26)12-29-19-23-21-13-25(19)11-15-5-3-8-27-15/h1-9,13H,10-12H2. The normalized spacial score (nSPS) is 11.8. The van der Waals surface area contributed by atoms with E-state index >= 15 is 0 Å². The van der Waals surface area contributed by atoms with Gasteiger partial charge in [0.05, 0.1) is 25.1 Å². The predicted molar refractivity (Wildman–Crippen MR) is 112 cm³/mol. The number of halogens is 1. The number of hydrogen-bond acceptors (Lipinski definition) is 6. The molecular formula is C19H16ClN5O2S2. The smallest absolute Gasteiger partial charge is 0.258 e. The summed E-state index contributed by atoms with van der Waals surface area (Å²) in [5.74, 6) is 0.723. The van der Waals surface area contributed by atoms with Gasteiger partial charge < -0.3 is 13.6 Å². The van der Waals surface area contributed by atoms with Gasteiger partial charge in [-0.05, 0) is 23.8 Å². The molecule has 3 heterocycles. The summed E-state index contributed by atoms with van der Waals surface area (Å²) in [7, 11) is 0. The lowest BCUT2D eigenvalue weighted by atomic mass is 10.2. The van der Waals surface area contributed by atoms with Crippen LogP contribution in [-0.2, 0) is 17.9 Å². The molecule has 0 saturated heterocycles. The van der Waals surface area contributed by atoms with E-state index in [1.165, 1.54) is 23.1 Å². The van der Waals surface area contributed by atoms with Crippen molar-refractivity contribution in [3.05, 3.63) is 81.7 Å². The van der Waals surface area contributed by atoms with Gasteiger partial charge in [-0.15, -0.1) is 21.5 Å².